The lowest BCUT2D eigenvalue weighted by molar-refractivity contribution is 0.158. The van der Waals surface area contributed by atoms with Gasteiger partial charge in [0.15, 0.2) is 5.43 Å². The molecule has 24 heavy (non-hydrogen) atoms. The third-order valence-corrected chi connectivity index (χ3v) is 3.75. The number of hydrogen-bond acceptors (Lipinski definition) is 5. The van der Waals surface area contributed by atoms with Crippen molar-refractivity contribution in [3.63, 3.8) is 0 Å². The van der Waals surface area contributed by atoms with Crippen molar-refractivity contribution < 1.29 is 9.15 Å². The number of para-hydroxylation sites is 1. The summed E-state index contributed by atoms with van der Waals surface area (Å²) in [5.74, 6) is 0.512. The molecule has 3 N–H and O–H groups in total. The van der Waals surface area contributed by atoms with E-state index < -0.39 is 0 Å². The summed E-state index contributed by atoms with van der Waals surface area (Å²) in [5.41, 5.74) is 8.37. The van der Waals surface area contributed by atoms with E-state index in [-0.39, 0.29) is 5.43 Å². The molecular formula is C19H20N2O3. The summed E-state index contributed by atoms with van der Waals surface area (Å²) >= 11 is 0. The van der Waals surface area contributed by atoms with E-state index in [1.54, 1.807) is 18.2 Å². The van der Waals surface area contributed by atoms with Crippen molar-refractivity contribution in [2.24, 2.45) is 0 Å². The van der Waals surface area contributed by atoms with E-state index >= 15 is 0 Å². The largest absolute Gasteiger partial charge is 0.456 e. The summed E-state index contributed by atoms with van der Waals surface area (Å²) in [6.45, 7) is 3.94. The fourth-order valence-electron chi connectivity index (χ4n) is 2.62. The van der Waals surface area contributed by atoms with Crippen LogP contribution < -0.4 is 16.5 Å². The molecule has 124 valence electrons. The molecule has 0 atom stereocenters. The van der Waals surface area contributed by atoms with Crippen molar-refractivity contribution in [1.82, 2.24) is 0 Å². The van der Waals surface area contributed by atoms with Gasteiger partial charge in [-0.05, 0) is 31.2 Å². The minimum absolute atomic E-state index is 0.145. The van der Waals surface area contributed by atoms with Gasteiger partial charge in [0.1, 0.15) is 11.3 Å². The Morgan fingerprint density at radius 2 is 2.00 bits per heavy atom. The molecule has 2 aromatic carbocycles. The molecule has 0 unspecified atom stereocenters. The number of benzene rings is 2. The number of fused-ring (bicyclic) bond motifs is 1. The predicted molar refractivity (Wildman–Crippen MR) is 97.3 cm³/mol. The van der Waals surface area contributed by atoms with Gasteiger partial charge in [0.2, 0.25) is 0 Å². The number of nitrogens with one attached hydrogen (secondary N) is 1. The number of nitrogen functional groups attached to an aromatic ring is 1. The number of nitrogens with two attached hydrogens (primary N) is 1. The maximum absolute atomic E-state index is 12.4. The average Bonchev–Trinajstić information content (AvgIpc) is 2.59. The molecule has 3 aromatic rings. The normalized spacial score (nSPS) is 10.9. The van der Waals surface area contributed by atoms with Gasteiger partial charge in [-0.15, -0.1) is 0 Å². The van der Waals surface area contributed by atoms with E-state index in [0.717, 1.165) is 11.3 Å². The molecule has 0 aliphatic heterocycles. The lowest BCUT2D eigenvalue weighted by Crippen LogP contribution is -2.10. The molecule has 0 saturated heterocycles. The van der Waals surface area contributed by atoms with Crippen LogP contribution in [0.25, 0.3) is 22.3 Å². The zero-order valence-electron chi connectivity index (χ0n) is 13.5. The zero-order valence-corrected chi connectivity index (χ0v) is 13.5. The summed E-state index contributed by atoms with van der Waals surface area (Å²) in [6, 6.07) is 14.4. The lowest BCUT2D eigenvalue weighted by atomic mass is 10.1. The Morgan fingerprint density at radius 3 is 2.83 bits per heavy atom. The van der Waals surface area contributed by atoms with Crippen LogP contribution in [-0.4, -0.2) is 19.8 Å². The first-order valence-electron chi connectivity index (χ1n) is 7.94. The smallest absolute Gasteiger partial charge is 0.195 e. The summed E-state index contributed by atoms with van der Waals surface area (Å²) in [6.07, 6.45) is 0. The van der Waals surface area contributed by atoms with Crippen LogP contribution in [0.4, 0.5) is 11.4 Å². The highest BCUT2D eigenvalue weighted by Crippen LogP contribution is 2.29. The van der Waals surface area contributed by atoms with Gasteiger partial charge >= 0.3 is 0 Å². The van der Waals surface area contributed by atoms with Gasteiger partial charge < -0.3 is 20.2 Å². The van der Waals surface area contributed by atoms with Gasteiger partial charge in [-0.25, -0.2) is 0 Å². The Morgan fingerprint density at radius 1 is 1.17 bits per heavy atom. The third-order valence-electron chi connectivity index (χ3n) is 3.75. The van der Waals surface area contributed by atoms with Gasteiger partial charge in [0, 0.05) is 36.2 Å². The molecule has 0 amide bonds. The Bertz CT molecular complexity index is 902. The van der Waals surface area contributed by atoms with Gasteiger partial charge in [-0.3, -0.25) is 4.79 Å². The fourth-order valence-corrected chi connectivity index (χ4v) is 2.62. The fraction of sp³-hybridized carbons (Fsp3) is 0.211. The van der Waals surface area contributed by atoms with Crippen LogP contribution in [0.5, 0.6) is 0 Å². The molecule has 3 rings (SSSR count). The van der Waals surface area contributed by atoms with E-state index in [1.165, 1.54) is 6.07 Å². The Labute approximate surface area is 140 Å². The van der Waals surface area contributed by atoms with Crippen molar-refractivity contribution >= 4 is 22.3 Å². The van der Waals surface area contributed by atoms with E-state index in [2.05, 4.69) is 5.32 Å². The van der Waals surface area contributed by atoms with Gasteiger partial charge in [0.25, 0.3) is 0 Å². The standard InChI is InChI=1S/C19H20N2O3/c1-2-23-11-10-21-15-8-4-3-6-13(15)18-12-16(22)19-14(20)7-5-9-17(19)24-18/h3-9,12,21H,2,10-11,20H2,1H3. The Hall–Kier alpha value is -2.79. The SMILES string of the molecule is CCOCCNc1ccccc1-c1cc(=O)c2c(N)cccc2o1. The Kier molecular flexibility index (Phi) is 4.82. The molecule has 5 nitrogen and oxygen atoms in total. The van der Waals surface area contributed by atoms with Crippen molar-refractivity contribution in [3.05, 3.63) is 58.8 Å². The lowest BCUT2D eigenvalue weighted by Gasteiger charge is -2.12. The van der Waals surface area contributed by atoms with Gasteiger partial charge in [-0.2, -0.15) is 0 Å². The number of hydrogen-bond donors (Lipinski definition) is 2. The topological polar surface area (TPSA) is 77.5 Å². The van der Waals surface area contributed by atoms with Crippen LogP contribution in [0.15, 0.2) is 57.7 Å². The molecular weight excluding hydrogens is 304 g/mol. The first-order valence-corrected chi connectivity index (χ1v) is 7.94. The zero-order chi connectivity index (χ0) is 16.9. The van der Waals surface area contributed by atoms with Crippen LogP contribution in [-0.2, 0) is 4.74 Å². The molecule has 0 fully saturated rings. The van der Waals surface area contributed by atoms with Crippen LogP contribution in [0, 0.1) is 0 Å². The van der Waals surface area contributed by atoms with Crippen molar-refractivity contribution in [2.45, 2.75) is 6.92 Å². The van der Waals surface area contributed by atoms with Gasteiger partial charge in [-0.1, -0.05) is 18.2 Å². The molecule has 0 radical (unpaired) electrons. The third kappa shape index (κ3) is 3.26. The second kappa shape index (κ2) is 7.19. The first kappa shape index (κ1) is 16.1. The molecule has 0 aliphatic rings. The number of ether oxygens (including phenoxy) is 1. The average molecular weight is 324 g/mol. The van der Waals surface area contributed by atoms with Crippen molar-refractivity contribution in [2.75, 3.05) is 30.8 Å². The predicted octanol–water partition coefficient (Wildman–Crippen LogP) is 3.49. The summed E-state index contributed by atoms with van der Waals surface area (Å²) in [4.78, 5) is 12.4. The summed E-state index contributed by atoms with van der Waals surface area (Å²) < 4.78 is 11.3. The molecule has 0 bridgehead atoms. The quantitative estimate of drug-likeness (QED) is 0.536. The van der Waals surface area contributed by atoms with Gasteiger partial charge in [0.05, 0.1) is 12.0 Å². The van der Waals surface area contributed by atoms with Crippen LogP contribution >= 0.6 is 0 Å². The highest BCUT2D eigenvalue weighted by atomic mass is 16.5. The molecule has 1 aromatic heterocycles. The van der Waals surface area contributed by atoms with E-state index in [0.29, 0.717) is 42.2 Å². The second-order valence-electron chi connectivity index (χ2n) is 5.36. The highest BCUT2D eigenvalue weighted by molar-refractivity contribution is 5.90. The van der Waals surface area contributed by atoms with Crippen LogP contribution in [0.1, 0.15) is 6.92 Å². The molecule has 0 saturated carbocycles. The maximum Gasteiger partial charge on any atom is 0.195 e. The molecule has 0 aliphatic carbocycles. The monoisotopic (exact) mass is 324 g/mol. The summed E-state index contributed by atoms with van der Waals surface area (Å²) in [5, 5.41) is 3.73. The number of anilines is 2. The first-order chi connectivity index (χ1) is 11.7. The van der Waals surface area contributed by atoms with Crippen LogP contribution in [0.2, 0.25) is 0 Å². The van der Waals surface area contributed by atoms with E-state index in [9.17, 15) is 4.79 Å². The molecule has 1 heterocycles. The molecule has 5 heteroatoms. The Balaban J connectivity index is 2.00. The highest BCUT2D eigenvalue weighted by Gasteiger charge is 2.11. The molecule has 0 spiro atoms. The summed E-state index contributed by atoms with van der Waals surface area (Å²) in [7, 11) is 0. The minimum atomic E-state index is -0.145. The van der Waals surface area contributed by atoms with Crippen molar-refractivity contribution in [1.29, 1.82) is 0 Å². The maximum atomic E-state index is 12.4. The van der Waals surface area contributed by atoms with E-state index in [1.807, 2.05) is 31.2 Å². The van der Waals surface area contributed by atoms with E-state index in [4.69, 9.17) is 14.9 Å². The van der Waals surface area contributed by atoms with Crippen molar-refractivity contribution in [3.8, 4) is 11.3 Å². The second-order valence-corrected chi connectivity index (χ2v) is 5.36. The van der Waals surface area contributed by atoms with Crippen LogP contribution in [0.3, 0.4) is 0 Å². The number of rotatable bonds is 6. The minimum Gasteiger partial charge on any atom is -0.456 e.